The summed E-state index contributed by atoms with van der Waals surface area (Å²) in [7, 11) is 0. The maximum absolute atomic E-state index is 12.8. The molecule has 4 N–H and O–H groups in total. The lowest BCUT2D eigenvalue weighted by atomic mass is 9.82. The van der Waals surface area contributed by atoms with E-state index in [1.165, 1.54) is 11.3 Å². The van der Waals surface area contributed by atoms with Crippen LogP contribution < -0.4 is 11.1 Å². The second-order valence-corrected chi connectivity index (χ2v) is 8.18. The summed E-state index contributed by atoms with van der Waals surface area (Å²) in [5, 5.41) is 12.5. The van der Waals surface area contributed by atoms with Gasteiger partial charge in [-0.1, -0.05) is 42.0 Å². The van der Waals surface area contributed by atoms with Crippen molar-refractivity contribution >= 4 is 34.1 Å². The van der Waals surface area contributed by atoms with Gasteiger partial charge in [0.15, 0.2) is 0 Å². The number of carboxylic acid groups (broad SMARTS) is 1. The van der Waals surface area contributed by atoms with E-state index in [2.05, 4.69) is 5.32 Å². The van der Waals surface area contributed by atoms with Gasteiger partial charge in [0.1, 0.15) is 5.00 Å². The number of anilines is 1. The molecule has 2 aromatic rings. The van der Waals surface area contributed by atoms with Crippen LogP contribution in [-0.2, 0) is 9.59 Å². The maximum Gasteiger partial charge on any atom is 0.307 e. The minimum atomic E-state index is -0.998. The number of nitrogens with two attached hydrogens (primary N) is 1. The number of amides is 2. The fraction of sp³-hybridized carbons (Fsp3) is 0.286. The van der Waals surface area contributed by atoms with Gasteiger partial charge >= 0.3 is 5.97 Å². The Balaban J connectivity index is 1.96. The lowest BCUT2D eigenvalue weighted by molar-refractivity contribution is -0.146. The predicted octanol–water partition coefficient (Wildman–Crippen LogP) is 3.74. The smallest absolute Gasteiger partial charge is 0.307 e. The highest BCUT2D eigenvalue weighted by Crippen LogP contribution is 2.40. The van der Waals surface area contributed by atoms with Crippen LogP contribution in [-0.4, -0.2) is 22.9 Å². The first kappa shape index (κ1) is 19.8. The predicted molar refractivity (Wildman–Crippen MR) is 109 cm³/mol. The van der Waals surface area contributed by atoms with Gasteiger partial charge in [0, 0.05) is 10.4 Å². The molecule has 3 rings (SSSR count). The van der Waals surface area contributed by atoms with Gasteiger partial charge in [-0.15, -0.1) is 11.3 Å². The summed E-state index contributed by atoms with van der Waals surface area (Å²) < 4.78 is 0. The molecule has 1 aromatic heterocycles. The number of aliphatic carboxylic acids is 1. The van der Waals surface area contributed by atoms with E-state index < -0.39 is 29.6 Å². The second kappa shape index (κ2) is 7.98. The van der Waals surface area contributed by atoms with E-state index in [-0.39, 0.29) is 5.56 Å². The normalized spacial score (nSPS) is 18.6. The molecule has 2 atom stereocenters. The Morgan fingerprint density at radius 1 is 1.07 bits per heavy atom. The summed E-state index contributed by atoms with van der Waals surface area (Å²) >= 11 is 1.27. The summed E-state index contributed by atoms with van der Waals surface area (Å²) in [4.78, 5) is 37.3. The molecule has 6 nitrogen and oxygen atoms in total. The maximum atomic E-state index is 12.8. The van der Waals surface area contributed by atoms with Crippen LogP contribution in [0.1, 0.15) is 33.6 Å². The molecule has 0 fully saturated rings. The van der Waals surface area contributed by atoms with Crippen LogP contribution in [0.2, 0.25) is 0 Å². The first-order valence-corrected chi connectivity index (χ1v) is 9.80. The van der Waals surface area contributed by atoms with E-state index in [1.807, 2.05) is 44.2 Å². The molecule has 0 saturated carbocycles. The molecule has 7 heteroatoms. The topological polar surface area (TPSA) is 109 Å². The average molecular weight is 398 g/mol. The average Bonchev–Trinajstić information content (AvgIpc) is 2.98. The molecule has 28 heavy (non-hydrogen) atoms. The van der Waals surface area contributed by atoms with Crippen molar-refractivity contribution in [3.63, 3.8) is 0 Å². The number of hydrogen-bond acceptors (Lipinski definition) is 4. The van der Waals surface area contributed by atoms with Gasteiger partial charge in [-0.25, -0.2) is 0 Å². The molecule has 0 unspecified atom stereocenters. The van der Waals surface area contributed by atoms with Gasteiger partial charge in [0.05, 0.1) is 17.4 Å². The Hall–Kier alpha value is -2.93. The molecule has 0 saturated heterocycles. The van der Waals surface area contributed by atoms with E-state index >= 15 is 0 Å². The Bertz CT molecular complexity index is 960. The van der Waals surface area contributed by atoms with Crippen molar-refractivity contribution in [2.75, 3.05) is 5.32 Å². The molecule has 0 aliphatic heterocycles. The van der Waals surface area contributed by atoms with Crippen LogP contribution >= 0.6 is 11.3 Å². The third-order valence-corrected chi connectivity index (χ3v) is 6.01. The minimum absolute atomic E-state index is 0.262. The number of allylic oxidation sites excluding steroid dienone is 2. The van der Waals surface area contributed by atoms with E-state index in [0.29, 0.717) is 23.4 Å². The number of hydrogen-bond donors (Lipinski definition) is 3. The molecular weight excluding hydrogens is 376 g/mol. The fourth-order valence-electron chi connectivity index (χ4n) is 3.52. The van der Waals surface area contributed by atoms with Gasteiger partial charge in [-0.3, -0.25) is 14.4 Å². The molecule has 1 aromatic carbocycles. The number of carboxylic acids is 1. The highest BCUT2D eigenvalue weighted by Gasteiger charge is 2.35. The molecule has 0 spiro atoms. The summed E-state index contributed by atoms with van der Waals surface area (Å²) in [5.41, 5.74) is 8.54. The molecule has 1 aliphatic rings. The third kappa shape index (κ3) is 3.84. The zero-order valence-electron chi connectivity index (χ0n) is 15.7. The number of rotatable bonds is 5. The zero-order valence-corrected chi connectivity index (χ0v) is 16.5. The van der Waals surface area contributed by atoms with Crippen molar-refractivity contribution < 1.29 is 19.5 Å². The fourth-order valence-corrected chi connectivity index (χ4v) is 4.60. The quantitative estimate of drug-likeness (QED) is 0.667. The van der Waals surface area contributed by atoms with Crippen molar-refractivity contribution in [3.05, 3.63) is 52.4 Å². The number of carbonyl (C=O) groups is 3. The summed E-state index contributed by atoms with van der Waals surface area (Å²) in [6.45, 7) is 3.84. The molecule has 1 heterocycles. The monoisotopic (exact) mass is 398 g/mol. The first-order valence-electron chi connectivity index (χ1n) is 8.98. The van der Waals surface area contributed by atoms with Crippen molar-refractivity contribution in [1.82, 2.24) is 0 Å². The van der Waals surface area contributed by atoms with Gasteiger partial charge in [0.25, 0.3) is 5.91 Å². The van der Waals surface area contributed by atoms with Crippen LogP contribution in [0, 0.1) is 25.7 Å². The Morgan fingerprint density at radius 2 is 1.68 bits per heavy atom. The molecule has 0 bridgehead atoms. The van der Waals surface area contributed by atoms with Gasteiger partial charge in [-0.2, -0.15) is 0 Å². The number of benzene rings is 1. The molecule has 0 radical (unpaired) electrons. The lowest BCUT2D eigenvalue weighted by Crippen LogP contribution is -2.35. The lowest BCUT2D eigenvalue weighted by Gasteiger charge is -2.24. The molecular formula is C21H22N2O4S. The number of carbonyl (C=O) groups excluding carboxylic acids is 2. The van der Waals surface area contributed by atoms with Crippen LogP contribution in [0.5, 0.6) is 0 Å². The summed E-state index contributed by atoms with van der Waals surface area (Å²) in [6, 6.07) is 7.71. The standard InChI is InChI=1S/C21H22N2O4S/c1-11-7-9-13(10-8-11)16-12(2)28-20(17(16)18(22)24)23-19(25)14-5-3-4-6-15(14)21(26)27/h3-4,7-10,14-15H,5-6H2,1-2H3,(H2,22,24)(H,23,25)(H,26,27)/t14-,15-/m0/s1. The van der Waals surface area contributed by atoms with Crippen LogP contribution in [0.25, 0.3) is 11.1 Å². The highest BCUT2D eigenvalue weighted by atomic mass is 32.1. The Kier molecular flexibility index (Phi) is 5.65. The van der Waals surface area contributed by atoms with Gasteiger partial charge in [0.2, 0.25) is 5.91 Å². The van der Waals surface area contributed by atoms with Crippen LogP contribution in [0.4, 0.5) is 5.00 Å². The van der Waals surface area contributed by atoms with Crippen LogP contribution in [0.15, 0.2) is 36.4 Å². The SMILES string of the molecule is Cc1ccc(-c2c(C)sc(NC(=O)[C@H]3CC=CC[C@@H]3C(=O)O)c2C(N)=O)cc1. The molecule has 1 aliphatic carbocycles. The van der Waals surface area contributed by atoms with Crippen molar-refractivity contribution in [2.24, 2.45) is 17.6 Å². The number of primary amides is 1. The second-order valence-electron chi connectivity index (χ2n) is 6.95. The minimum Gasteiger partial charge on any atom is -0.481 e. The Labute approximate surface area is 167 Å². The number of nitrogens with one attached hydrogen (secondary N) is 1. The van der Waals surface area contributed by atoms with Gasteiger partial charge in [-0.05, 0) is 32.3 Å². The van der Waals surface area contributed by atoms with Crippen molar-refractivity contribution in [3.8, 4) is 11.1 Å². The number of aryl methyl sites for hydroxylation is 2. The van der Waals surface area contributed by atoms with Crippen molar-refractivity contribution in [2.45, 2.75) is 26.7 Å². The van der Waals surface area contributed by atoms with E-state index in [1.54, 1.807) is 6.08 Å². The first-order chi connectivity index (χ1) is 13.3. The number of thiophene rings is 1. The Morgan fingerprint density at radius 3 is 2.25 bits per heavy atom. The van der Waals surface area contributed by atoms with E-state index in [9.17, 15) is 19.5 Å². The largest absolute Gasteiger partial charge is 0.481 e. The van der Waals surface area contributed by atoms with Crippen molar-refractivity contribution in [1.29, 1.82) is 0 Å². The third-order valence-electron chi connectivity index (χ3n) is 4.99. The molecule has 2 amide bonds. The van der Waals surface area contributed by atoms with Gasteiger partial charge < -0.3 is 16.2 Å². The highest BCUT2D eigenvalue weighted by molar-refractivity contribution is 7.17. The summed E-state index contributed by atoms with van der Waals surface area (Å²) in [6.07, 6.45) is 4.26. The zero-order chi connectivity index (χ0) is 20.4. The van der Waals surface area contributed by atoms with E-state index in [0.717, 1.165) is 16.0 Å². The summed E-state index contributed by atoms with van der Waals surface area (Å²) in [5.74, 6) is -3.50. The van der Waals surface area contributed by atoms with E-state index in [4.69, 9.17) is 5.73 Å². The molecule has 146 valence electrons. The van der Waals surface area contributed by atoms with Crippen LogP contribution in [0.3, 0.4) is 0 Å².